The average Bonchev–Trinajstić information content (AvgIpc) is 2.58. The Kier molecular flexibility index (Phi) is 4.19. The van der Waals surface area contributed by atoms with E-state index in [-0.39, 0.29) is 11.2 Å². The summed E-state index contributed by atoms with van der Waals surface area (Å²) in [6.45, 7) is 8.71. The molecule has 1 aromatic rings. The summed E-state index contributed by atoms with van der Waals surface area (Å²) in [6.07, 6.45) is 0. The fraction of sp³-hybridized carbons (Fsp3) is 0.571. The molecule has 1 saturated heterocycles. The van der Waals surface area contributed by atoms with Gasteiger partial charge in [0, 0.05) is 6.54 Å². The van der Waals surface area contributed by atoms with Crippen LogP contribution in [0.2, 0.25) is 0 Å². The fourth-order valence-electron chi connectivity index (χ4n) is 2.14. The molecular formula is C14H21B2NO3. The van der Waals surface area contributed by atoms with Crippen LogP contribution in [0.3, 0.4) is 0 Å². The van der Waals surface area contributed by atoms with E-state index < -0.39 is 7.12 Å². The molecule has 0 amide bonds. The average molecular weight is 273 g/mol. The van der Waals surface area contributed by atoms with Gasteiger partial charge < -0.3 is 19.3 Å². The van der Waals surface area contributed by atoms with Crippen LogP contribution in [-0.4, -0.2) is 33.4 Å². The van der Waals surface area contributed by atoms with Crippen LogP contribution in [0.25, 0.3) is 0 Å². The Morgan fingerprint density at radius 2 is 1.75 bits per heavy atom. The Morgan fingerprint density at radius 1 is 1.15 bits per heavy atom. The second-order valence-electron chi connectivity index (χ2n) is 6.08. The van der Waals surface area contributed by atoms with Gasteiger partial charge in [0.2, 0.25) is 0 Å². The van der Waals surface area contributed by atoms with Crippen LogP contribution in [0.15, 0.2) is 18.2 Å². The highest BCUT2D eigenvalue weighted by atomic mass is 16.7. The second-order valence-corrected chi connectivity index (χ2v) is 6.08. The molecule has 0 saturated carbocycles. The van der Waals surface area contributed by atoms with Gasteiger partial charge in [-0.3, -0.25) is 0 Å². The van der Waals surface area contributed by atoms with Gasteiger partial charge in [0.05, 0.1) is 18.3 Å². The van der Waals surface area contributed by atoms with Gasteiger partial charge in [-0.15, -0.1) is 0 Å². The quantitative estimate of drug-likeness (QED) is 0.836. The lowest BCUT2D eigenvalue weighted by molar-refractivity contribution is 0.00578. The van der Waals surface area contributed by atoms with E-state index in [0.29, 0.717) is 6.54 Å². The maximum Gasteiger partial charge on any atom is 0.494 e. The van der Waals surface area contributed by atoms with Gasteiger partial charge in [-0.05, 0) is 50.9 Å². The highest BCUT2D eigenvalue weighted by Crippen LogP contribution is 2.36. The van der Waals surface area contributed by atoms with Crippen molar-refractivity contribution in [1.29, 1.82) is 0 Å². The van der Waals surface area contributed by atoms with Crippen LogP contribution in [0.5, 0.6) is 5.75 Å². The number of benzene rings is 1. The summed E-state index contributed by atoms with van der Waals surface area (Å²) >= 11 is 0. The lowest BCUT2D eigenvalue weighted by Gasteiger charge is -2.32. The highest BCUT2D eigenvalue weighted by molar-refractivity contribution is 6.62. The maximum atomic E-state index is 6.05. The van der Waals surface area contributed by atoms with E-state index in [1.54, 1.807) is 7.11 Å². The molecule has 2 radical (unpaired) electrons. The van der Waals surface area contributed by atoms with Gasteiger partial charge in [-0.2, -0.15) is 0 Å². The summed E-state index contributed by atoms with van der Waals surface area (Å²) in [7, 11) is 6.63. The van der Waals surface area contributed by atoms with Crippen LogP contribution < -0.4 is 15.4 Å². The van der Waals surface area contributed by atoms with Crippen LogP contribution in [0, 0.1) is 0 Å². The van der Waals surface area contributed by atoms with Crippen molar-refractivity contribution in [2.75, 3.05) is 7.11 Å². The molecule has 1 N–H and O–H groups in total. The molecule has 1 aliphatic heterocycles. The predicted octanol–water partition coefficient (Wildman–Crippen LogP) is 1.17. The van der Waals surface area contributed by atoms with Crippen LogP contribution in [0.1, 0.15) is 33.3 Å². The molecule has 1 aliphatic rings. The molecule has 0 atom stereocenters. The van der Waals surface area contributed by atoms with Crippen molar-refractivity contribution in [2.45, 2.75) is 45.4 Å². The number of hydrogen-bond donors (Lipinski definition) is 1. The minimum Gasteiger partial charge on any atom is -0.497 e. The summed E-state index contributed by atoms with van der Waals surface area (Å²) < 4.78 is 17.4. The minimum absolute atomic E-state index is 0.354. The van der Waals surface area contributed by atoms with E-state index in [9.17, 15) is 0 Å². The number of rotatable bonds is 4. The third-order valence-corrected chi connectivity index (χ3v) is 4.06. The van der Waals surface area contributed by atoms with E-state index in [1.165, 1.54) is 0 Å². The number of ether oxygens (including phenoxy) is 1. The first-order chi connectivity index (χ1) is 9.29. The Hall–Kier alpha value is -0.970. The Morgan fingerprint density at radius 3 is 2.25 bits per heavy atom. The molecule has 4 nitrogen and oxygen atoms in total. The van der Waals surface area contributed by atoms with E-state index >= 15 is 0 Å². The van der Waals surface area contributed by atoms with Crippen molar-refractivity contribution >= 4 is 20.6 Å². The van der Waals surface area contributed by atoms with E-state index in [4.69, 9.17) is 22.0 Å². The Bertz CT molecular complexity index is 475. The van der Waals surface area contributed by atoms with E-state index in [1.807, 2.05) is 45.9 Å². The maximum absolute atomic E-state index is 6.05. The molecule has 1 aromatic carbocycles. The van der Waals surface area contributed by atoms with Gasteiger partial charge >= 0.3 is 7.12 Å². The zero-order valence-corrected chi connectivity index (χ0v) is 12.8. The molecule has 0 aromatic heterocycles. The molecule has 1 heterocycles. The van der Waals surface area contributed by atoms with Gasteiger partial charge in [0.25, 0.3) is 0 Å². The lowest BCUT2D eigenvalue weighted by Crippen LogP contribution is -2.41. The molecule has 0 aliphatic carbocycles. The smallest absolute Gasteiger partial charge is 0.494 e. The van der Waals surface area contributed by atoms with Crippen molar-refractivity contribution in [3.8, 4) is 5.75 Å². The van der Waals surface area contributed by atoms with E-state index in [2.05, 4.69) is 5.23 Å². The molecule has 1 fully saturated rings. The van der Waals surface area contributed by atoms with Gasteiger partial charge in [0.1, 0.15) is 5.75 Å². The summed E-state index contributed by atoms with van der Waals surface area (Å²) in [4.78, 5) is 0. The largest absolute Gasteiger partial charge is 0.497 e. The van der Waals surface area contributed by atoms with Crippen molar-refractivity contribution < 1.29 is 14.0 Å². The first kappa shape index (κ1) is 15.4. The van der Waals surface area contributed by atoms with Gasteiger partial charge in [-0.25, -0.2) is 0 Å². The summed E-state index contributed by atoms with van der Waals surface area (Å²) in [5.74, 6) is 0.766. The Balaban J connectivity index is 2.31. The van der Waals surface area contributed by atoms with E-state index in [0.717, 1.165) is 16.8 Å². The standard InChI is InChI=1S/C14H21B2NO3/c1-13(2)14(3,4)20-16(19-13)11-6-10(9-17-15)7-12(8-11)18-5/h6-8,17H,9H2,1-5H3. The minimum atomic E-state index is -0.397. The SMILES string of the molecule is [B]NCc1cc(OC)cc(B2OC(C)(C)C(C)(C)O2)c1. The Labute approximate surface area is 122 Å². The summed E-state index contributed by atoms with van der Waals surface area (Å²) in [5.41, 5.74) is 1.25. The molecule has 0 bridgehead atoms. The first-order valence-corrected chi connectivity index (χ1v) is 6.76. The summed E-state index contributed by atoms with van der Waals surface area (Å²) in [5, 5.41) is 2.65. The fourth-order valence-corrected chi connectivity index (χ4v) is 2.14. The monoisotopic (exact) mass is 273 g/mol. The molecular weight excluding hydrogens is 252 g/mol. The predicted molar refractivity (Wildman–Crippen MR) is 81.3 cm³/mol. The molecule has 20 heavy (non-hydrogen) atoms. The second kappa shape index (κ2) is 5.43. The molecule has 0 spiro atoms. The zero-order valence-electron chi connectivity index (χ0n) is 12.8. The molecule has 6 heteroatoms. The van der Waals surface area contributed by atoms with Gasteiger partial charge in [-0.1, -0.05) is 6.07 Å². The van der Waals surface area contributed by atoms with Gasteiger partial charge in [0.15, 0.2) is 7.98 Å². The number of nitrogens with one attached hydrogen (secondary N) is 1. The number of hydrogen-bond acceptors (Lipinski definition) is 4. The van der Waals surface area contributed by atoms with Crippen LogP contribution in [0.4, 0.5) is 0 Å². The molecule has 2 rings (SSSR count). The highest BCUT2D eigenvalue weighted by Gasteiger charge is 2.51. The molecule has 0 unspecified atom stereocenters. The lowest BCUT2D eigenvalue weighted by atomic mass is 9.78. The zero-order chi connectivity index (χ0) is 15.0. The number of methoxy groups -OCH3 is 1. The van der Waals surface area contributed by atoms with Crippen LogP contribution in [-0.2, 0) is 15.9 Å². The topological polar surface area (TPSA) is 39.7 Å². The third-order valence-electron chi connectivity index (χ3n) is 4.06. The normalized spacial score (nSPS) is 20.1. The molecule has 106 valence electrons. The first-order valence-electron chi connectivity index (χ1n) is 6.76. The third kappa shape index (κ3) is 2.87. The van der Waals surface area contributed by atoms with Crippen molar-refractivity contribution in [3.05, 3.63) is 23.8 Å². The van der Waals surface area contributed by atoms with Crippen molar-refractivity contribution in [3.63, 3.8) is 0 Å². The summed E-state index contributed by atoms with van der Waals surface area (Å²) in [6, 6.07) is 5.89. The van der Waals surface area contributed by atoms with Crippen LogP contribution >= 0.6 is 0 Å². The van der Waals surface area contributed by atoms with Crippen molar-refractivity contribution in [2.24, 2.45) is 0 Å². The van der Waals surface area contributed by atoms with Crippen molar-refractivity contribution in [1.82, 2.24) is 5.23 Å².